The van der Waals surface area contributed by atoms with Gasteiger partial charge in [0, 0.05) is 24.3 Å². The Morgan fingerprint density at radius 3 is 2.66 bits per heavy atom. The number of hydrogen-bond acceptors (Lipinski definition) is 6. The van der Waals surface area contributed by atoms with Crippen molar-refractivity contribution < 1.29 is 9.47 Å². The van der Waals surface area contributed by atoms with Crippen LogP contribution in [0.3, 0.4) is 0 Å². The molecular formula is C23H26N4O2. The molecule has 3 N–H and O–H groups in total. The average molecular weight is 390 g/mol. The van der Waals surface area contributed by atoms with Crippen LogP contribution in [-0.2, 0) is 11.2 Å². The van der Waals surface area contributed by atoms with Crippen molar-refractivity contribution in [3.63, 3.8) is 0 Å². The molecule has 29 heavy (non-hydrogen) atoms. The first-order chi connectivity index (χ1) is 14.2. The van der Waals surface area contributed by atoms with Gasteiger partial charge in [-0.15, -0.1) is 0 Å². The maximum Gasteiger partial charge on any atom is 0.194 e. The molecule has 2 aliphatic heterocycles. The fourth-order valence-corrected chi connectivity index (χ4v) is 4.48. The summed E-state index contributed by atoms with van der Waals surface area (Å²) in [5.41, 5.74) is 13.5. The van der Waals surface area contributed by atoms with E-state index in [4.69, 9.17) is 20.2 Å². The van der Waals surface area contributed by atoms with Crippen molar-refractivity contribution in [1.29, 1.82) is 0 Å². The molecule has 1 saturated heterocycles. The number of nitrogens with zero attached hydrogens (tertiary/aromatic N) is 2. The molecule has 2 aromatic rings. The molecule has 0 saturated carbocycles. The maximum absolute atomic E-state index is 6.19. The van der Waals surface area contributed by atoms with E-state index in [2.05, 4.69) is 46.6 Å². The molecule has 2 aromatic carbocycles. The summed E-state index contributed by atoms with van der Waals surface area (Å²) in [7, 11) is 1.70. The fraction of sp³-hybridized carbons (Fsp3) is 0.348. The SMILES string of the molecule is COc1ccc2c(c1)CCC1=C2NC(N)=NC1c1ccc(N2CCOCC2)cc1. The van der Waals surface area contributed by atoms with E-state index in [0.29, 0.717) is 5.96 Å². The number of guanidine groups is 1. The maximum atomic E-state index is 6.19. The molecular weight excluding hydrogens is 364 g/mol. The van der Waals surface area contributed by atoms with Crippen LogP contribution in [0.25, 0.3) is 5.70 Å². The predicted molar refractivity (Wildman–Crippen MR) is 115 cm³/mol. The number of methoxy groups -OCH3 is 1. The monoisotopic (exact) mass is 390 g/mol. The topological polar surface area (TPSA) is 72.1 Å². The third-order valence-corrected chi connectivity index (χ3v) is 6.00. The van der Waals surface area contributed by atoms with Gasteiger partial charge >= 0.3 is 0 Å². The number of aryl methyl sites for hydroxylation is 1. The van der Waals surface area contributed by atoms with Gasteiger partial charge in [-0.25, -0.2) is 4.99 Å². The second kappa shape index (κ2) is 7.44. The fourth-order valence-electron chi connectivity index (χ4n) is 4.48. The highest BCUT2D eigenvalue weighted by Gasteiger charge is 2.30. The molecule has 6 heteroatoms. The largest absolute Gasteiger partial charge is 0.497 e. The molecule has 1 aliphatic carbocycles. The van der Waals surface area contributed by atoms with Crippen molar-refractivity contribution in [1.82, 2.24) is 5.32 Å². The van der Waals surface area contributed by atoms with Crippen molar-refractivity contribution in [2.24, 2.45) is 10.7 Å². The summed E-state index contributed by atoms with van der Waals surface area (Å²) in [5, 5.41) is 3.32. The summed E-state index contributed by atoms with van der Waals surface area (Å²) >= 11 is 0. The first kappa shape index (κ1) is 18.1. The molecule has 0 radical (unpaired) electrons. The number of hydrogen-bond donors (Lipinski definition) is 2. The standard InChI is InChI=1S/C23H26N4O2/c1-28-18-7-9-19-16(14-18)4-8-20-21(25-23(24)26-22(19)20)15-2-5-17(6-3-15)27-10-12-29-13-11-27/h2-3,5-7,9,14,21H,4,8,10-13H2,1H3,(H3,24,25,26). The first-order valence-corrected chi connectivity index (χ1v) is 10.2. The Balaban J connectivity index is 1.48. The van der Waals surface area contributed by atoms with Crippen LogP contribution in [0.5, 0.6) is 5.75 Å². The lowest BCUT2D eigenvalue weighted by Gasteiger charge is -2.32. The van der Waals surface area contributed by atoms with Crippen molar-refractivity contribution >= 4 is 17.3 Å². The highest BCUT2D eigenvalue weighted by Crippen LogP contribution is 2.41. The molecule has 5 rings (SSSR count). The zero-order chi connectivity index (χ0) is 19.8. The Morgan fingerprint density at radius 1 is 1.10 bits per heavy atom. The highest BCUT2D eigenvalue weighted by molar-refractivity contribution is 5.92. The van der Waals surface area contributed by atoms with E-state index in [1.54, 1.807) is 7.11 Å². The molecule has 0 aromatic heterocycles. The van der Waals surface area contributed by atoms with Gasteiger partial charge in [0.15, 0.2) is 5.96 Å². The minimum absolute atomic E-state index is 0.0414. The molecule has 1 fully saturated rings. The Kier molecular flexibility index (Phi) is 4.64. The van der Waals surface area contributed by atoms with E-state index in [9.17, 15) is 0 Å². The highest BCUT2D eigenvalue weighted by atomic mass is 16.5. The molecule has 150 valence electrons. The summed E-state index contributed by atoms with van der Waals surface area (Å²) in [6.45, 7) is 3.45. The summed E-state index contributed by atoms with van der Waals surface area (Å²) in [6, 6.07) is 15.0. The Bertz CT molecular complexity index is 975. The molecule has 0 spiro atoms. The third-order valence-electron chi connectivity index (χ3n) is 6.00. The number of rotatable bonds is 3. The third kappa shape index (κ3) is 3.34. The van der Waals surface area contributed by atoms with Crippen LogP contribution >= 0.6 is 0 Å². The van der Waals surface area contributed by atoms with Gasteiger partial charge in [0.2, 0.25) is 0 Å². The Labute approximate surface area is 171 Å². The predicted octanol–water partition coefficient (Wildman–Crippen LogP) is 2.85. The number of anilines is 1. The Morgan fingerprint density at radius 2 is 1.90 bits per heavy atom. The molecule has 3 aliphatic rings. The van der Waals surface area contributed by atoms with Gasteiger partial charge in [0.05, 0.1) is 26.0 Å². The van der Waals surface area contributed by atoms with Gasteiger partial charge in [-0.1, -0.05) is 12.1 Å². The molecule has 0 amide bonds. The normalized spacial score (nSPS) is 21.1. The minimum Gasteiger partial charge on any atom is -0.497 e. The van der Waals surface area contributed by atoms with Crippen LogP contribution in [0.2, 0.25) is 0 Å². The summed E-state index contributed by atoms with van der Waals surface area (Å²) in [5.74, 6) is 1.36. The molecule has 6 nitrogen and oxygen atoms in total. The van der Waals surface area contributed by atoms with Crippen LogP contribution in [-0.4, -0.2) is 39.4 Å². The van der Waals surface area contributed by atoms with Crippen LogP contribution < -0.4 is 20.7 Å². The number of benzene rings is 2. The summed E-state index contributed by atoms with van der Waals surface area (Å²) in [6.07, 6.45) is 1.93. The van der Waals surface area contributed by atoms with Crippen LogP contribution in [0.15, 0.2) is 53.0 Å². The molecule has 1 unspecified atom stereocenters. The summed E-state index contributed by atoms with van der Waals surface area (Å²) < 4.78 is 10.9. The van der Waals surface area contributed by atoms with Gasteiger partial charge in [-0.2, -0.15) is 0 Å². The van der Waals surface area contributed by atoms with Crippen molar-refractivity contribution in [3.8, 4) is 5.75 Å². The smallest absolute Gasteiger partial charge is 0.194 e. The van der Waals surface area contributed by atoms with Crippen molar-refractivity contribution in [2.75, 3.05) is 38.3 Å². The zero-order valence-electron chi connectivity index (χ0n) is 16.6. The number of fused-ring (bicyclic) bond motifs is 2. The number of nitrogens with one attached hydrogen (secondary N) is 1. The van der Waals surface area contributed by atoms with E-state index in [0.717, 1.165) is 50.6 Å². The number of nitrogens with two attached hydrogens (primary N) is 1. The zero-order valence-corrected chi connectivity index (χ0v) is 16.6. The van der Waals surface area contributed by atoms with Crippen LogP contribution in [0.1, 0.15) is 29.2 Å². The minimum atomic E-state index is -0.0414. The lowest BCUT2D eigenvalue weighted by atomic mass is 9.83. The van der Waals surface area contributed by atoms with E-state index >= 15 is 0 Å². The quantitative estimate of drug-likeness (QED) is 0.843. The van der Waals surface area contributed by atoms with Crippen molar-refractivity contribution in [2.45, 2.75) is 18.9 Å². The molecule has 1 atom stereocenters. The van der Waals surface area contributed by atoms with Gasteiger partial charge in [-0.05, 0) is 59.9 Å². The lowest BCUT2D eigenvalue weighted by molar-refractivity contribution is 0.122. The van der Waals surface area contributed by atoms with Crippen LogP contribution in [0.4, 0.5) is 5.69 Å². The van der Waals surface area contributed by atoms with Crippen LogP contribution in [0, 0.1) is 0 Å². The number of aliphatic imine (C=N–C) groups is 1. The second-order valence-corrected chi connectivity index (χ2v) is 7.66. The Hall–Kier alpha value is -2.99. The van der Waals surface area contributed by atoms with E-state index in [1.807, 2.05) is 6.07 Å². The summed E-state index contributed by atoms with van der Waals surface area (Å²) in [4.78, 5) is 7.12. The van der Waals surface area contributed by atoms with Gasteiger partial charge in [-0.3, -0.25) is 0 Å². The molecule has 2 heterocycles. The van der Waals surface area contributed by atoms with E-state index in [1.165, 1.54) is 28.0 Å². The van der Waals surface area contributed by atoms with Gasteiger partial charge in [0.1, 0.15) is 11.8 Å². The van der Waals surface area contributed by atoms with Gasteiger partial charge in [0.25, 0.3) is 0 Å². The first-order valence-electron chi connectivity index (χ1n) is 10.2. The lowest BCUT2D eigenvalue weighted by Crippen LogP contribution is -2.37. The number of ether oxygens (including phenoxy) is 2. The molecule has 0 bridgehead atoms. The van der Waals surface area contributed by atoms with E-state index in [-0.39, 0.29) is 6.04 Å². The van der Waals surface area contributed by atoms with Gasteiger partial charge < -0.3 is 25.4 Å². The average Bonchev–Trinajstić information content (AvgIpc) is 2.78. The number of morpholine rings is 1. The second-order valence-electron chi connectivity index (χ2n) is 7.66. The van der Waals surface area contributed by atoms with E-state index < -0.39 is 0 Å². The van der Waals surface area contributed by atoms with Crippen molar-refractivity contribution in [3.05, 3.63) is 64.7 Å².